The SMILES string of the molecule is CN1CCO[C@@H]2CN(c3ncnc(-n4cccn4)c3N)C[C@@H]21. The smallest absolute Gasteiger partial charge is 0.181 e. The molecule has 0 aromatic carbocycles. The van der Waals surface area contributed by atoms with Gasteiger partial charge >= 0.3 is 0 Å². The van der Waals surface area contributed by atoms with E-state index >= 15 is 0 Å². The molecule has 8 nitrogen and oxygen atoms in total. The van der Waals surface area contributed by atoms with Crippen LogP contribution in [0.1, 0.15) is 0 Å². The lowest BCUT2D eigenvalue weighted by Gasteiger charge is -2.33. The number of nitrogens with zero attached hydrogens (tertiary/aromatic N) is 6. The maximum absolute atomic E-state index is 6.30. The number of rotatable bonds is 2. The van der Waals surface area contributed by atoms with Gasteiger partial charge in [-0.3, -0.25) is 4.90 Å². The molecule has 0 saturated carbocycles. The molecule has 0 amide bonds. The minimum Gasteiger partial charge on any atom is -0.393 e. The molecule has 4 heterocycles. The number of fused-ring (bicyclic) bond motifs is 1. The summed E-state index contributed by atoms with van der Waals surface area (Å²) in [7, 11) is 2.14. The predicted octanol–water partition coefficient (Wildman–Crippen LogP) is -0.236. The Bertz CT molecular complexity index is 659. The van der Waals surface area contributed by atoms with Crippen LogP contribution >= 0.6 is 0 Å². The van der Waals surface area contributed by atoms with Gasteiger partial charge in [0, 0.05) is 32.0 Å². The summed E-state index contributed by atoms with van der Waals surface area (Å²) >= 11 is 0. The van der Waals surface area contributed by atoms with Crippen LogP contribution in [-0.2, 0) is 4.74 Å². The van der Waals surface area contributed by atoms with E-state index in [0.29, 0.717) is 17.5 Å². The minimum atomic E-state index is 0.210. The van der Waals surface area contributed by atoms with Crippen LogP contribution in [0.2, 0.25) is 0 Å². The van der Waals surface area contributed by atoms with Crippen molar-refractivity contribution in [3.05, 3.63) is 24.8 Å². The zero-order chi connectivity index (χ0) is 15.1. The Morgan fingerprint density at radius 2 is 2.14 bits per heavy atom. The van der Waals surface area contributed by atoms with Crippen LogP contribution < -0.4 is 10.6 Å². The van der Waals surface area contributed by atoms with Crippen LogP contribution in [0, 0.1) is 0 Å². The zero-order valence-corrected chi connectivity index (χ0v) is 12.5. The van der Waals surface area contributed by atoms with Crippen LogP contribution in [0.25, 0.3) is 5.82 Å². The zero-order valence-electron chi connectivity index (χ0n) is 12.5. The summed E-state index contributed by atoms with van der Waals surface area (Å²) in [6.07, 6.45) is 5.27. The lowest BCUT2D eigenvalue weighted by molar-refractivity contribution is -0.0362. The number of anilines is 2. The van der Waals surface area contributed by atoms with Crippen molar-refractivity contribution in [2.75, 3.05) is 43.9 Å². The molecule has 22 heavy (non-hydrogen) atoms. The quantitative estimate of drug-likeness (QED) is 0.819. The number of nitrogen functional groups attached to an aromatic ring is 1. The fourth-order valence-electron chi connectivity index (χ4n) is 3.24. The Morgan fingerprint density at radius 1 is 1.27 bits per heavy atom. The molecule has 0 radical (unpaired) electrons. The van der Waals surface area contributed by atoms with Crippen molar-refractivity contribution in [1.82, 2.24) is 24.6 Å². The van der Waals surface area contributed by atoms with Gasteiger partial charge in [-0.15, -0.1) is 0 Å². The second-order valence-electron chi connectivity index (χ2n) is 5.75. The predicted molar refractivity (Wildman–Crippen MR) is 81.9 cm³/mol. The van der Waals surface area contributed by atoms with E-state index in [1.54, 1.807) is 10.9 Å². The molecule has 0 spiro atoms. The van der Waals surface area contributed by atoms with Crippen LogP contribution in [0.5, 0.6) is 0 Å². The van der Waals surface area contributed by atoms with Gasteiger partial charge < -0.3 is 15.4 Å². The first kappa shape index (κ1) is 13.5. The number of hydrogen-bond acceptors (Lipinski definition) is 7. The largest absolute Gasteiger partial charge is 0.393 e. The lowest BCUT2D eigenvalue weighted by atomic mass is 10.1. The minimum absolute atomic E-state index is 0.210. The number of nitrogens with two attached hydrogens (primary N) is 1. The topological polar surface area (TPSA) is 85.3 Å². The van der Waals surface area contributed by atoms with E-state index in [2.05, 4.69) is 31.9 Å². The first-order valence-corrected chi connectivity index (χ1v) is 7.41. The van der Waals surface area contributed by atoms with E-state index in [1.807, 2.05) is 12.3 Å². The number of likely N-dealkylation sites (N-methyl/N-ethyl adjacent to an activating group) is 1. The Kier molecular flexibility index (Phi) is 3.20. The molecule has 2 N–H and O–H groups in total. The van der Waals surface area contributed by atoms with Crippen molar-refractivity contribution in [2.24, 2.45) is 0 Å². The Hall–Kier alpha value is -2.19. The summed E-state index contributed by atoms with van der Waals surface area (Å²) in [5, 5.41) is 4.19. The molecule has 0 bridgehead atoms. The molecular weight excluding hydrogens is 282 g/mol. The van der Waals surface area contributed by atoms with E-state index in [0.717, 1.165) is 32.1 Å². The molecule has 2 fully saturated rings. The van der Waals surface area contributed by atoms with Crippen LogP contribution in [0.3, 0.4) is 0 Å². The molecule has 0 aliphatic carbocycles. The van der Waals surface area contributed by atoms with Crippen molar-refractivity contribution in [3.8, 4) is 5.82 Å². The summed E-state index contributed by atoms with van der Waals surface area (Å²) in [5.41, 5.74) is 6.85. The Morgan fingerprint density at radius 3 is 2.91 bits per heavy atom. The molecule has 116 valence electrons. The van der Waals surface area contributed by atoms with E-state index in [9.17, 15) is 0 Å². The number of hydrogen-bond donors (Lipinski definition) is 1. The highest BCUT2D eigenvalue weighted by atomic mass is 16.5. The third-order valence-corrected chi connectivity index (χ3v) is 4.44. The molecule has 2 aliphatic rings. The van der Waals surface area contributed by atoms with Crippen molar-refractivity contribution in [1.29, 1.82) is 0 Å². The first-order valence-electron chi connectivity index (χ1n) is 7.41. The molecule has 4 rings (SSSR count). The standard InChI is InChI=1S/C14H19N7O/c1-19-5-6-22-11-8-20(7-10(11)19)13-12(15)14(17-9-16-13)21-4-2-3-18-21/h2-4,9-11H,5-8,15H2,1H3/t10-,11+/m0/s1. The van der Waals surface area contributed by atoms with E-state index in [4.69, 9.17) is 10.5 Å². The van der Waals surface area contributed by atoms with Crippen LogP contribution in [0.15, 0.2) is 24.8 Å². The number of ether oxygens (including phenoxy) is 1. The van der Waals surface area contributed by atoms with Gasteiger partial charge in [-0.05, 0) is 13.1 Å². The van der Waals surface area contributed by atoms with E-state index < -0.39 is 0 Å². The molecule has 0 unspecified atom stereocenters. The molecule has 2 saturated heterocycles. The lowest BCUT2D eigenvalue weighted by Crippen LogP contribution is -2.48. The first-order chi connectivity index (χ1) is 10.7. The second kappa shape index (κ2) is 5.22. The number of morpholine rings is 1. The Balaban J connectivity index is 1.65. The van der Waals surface area contributed by atoms with E-state index in [1.165, 1.54) is 6.33 Å². The van der Waals surface area contributed by atoms with Gasteiger partial charge in [0.2, 0.25) is 0 Å². The van der Waals surface area contributed by atoms with Gasteiger partial charge in [-0.1, -0.05) is 0 Å². The fourth-order valence-corrected chi connectivity index (χ4v) is 3.24. The summed E-state index contributed by atoms with van der Waals surface area (Å²) < 4.78 is 7.54. The van der Waals surface area contributed by atoms with Gasteiger partial charge in [0.25, 0.3) is 0 Å². The monoisotopic (exact) mass is 301 g/mol. The highest BCUT2D eigenvalue weighted by Crippen LogP contribution is 2.30. The number of aromatic nitrogens is 4. The molecule has 2 atom stereocenters. The average molecular weight is 301 g/mol. The van der Waals surface area contributed by atoms with Crippen molar-refractivity contribution >= 4 is 11.5 Å². The normalized spacial score (nSPS) is 25.4. The second-order valence-corrected chi connectivity index (χ2v) is 5.75. The molecule has 2 aliphatic heterocycles. The van der Waals surface area contributed by atoms with Crippen molar-refractivity contribution in [3.63, 3.8) is 0 Å². The van der Waals surface area contributed by atoms with E-state index in [-0.39, 0.29) is 6.10 Å². The highest BCUT2D eigenvalue weighted by molar-refractivity contribution is 5.70. The van der Waals surface area contributed by atoms with Crippen molar-refractivity contribution in [2.45, 2.75) is 12.1 Å². The third-order valence-electron chi connectivity index (χ3n) is 4.44. The van der Waals surface area contributed by atoms with Crippen molar-refractivity contribution < 1.29 is 4.74 Å². The molecule has 8 heteroatoms. The van der Waals surface area contributed by atoms with Crippen LogP contribution in [0.4, 0.5) is 11.5 Å². The van der Waals surface area contributed by atoms with Gasteiger partial charge in [-0.2, -0.15) is 5.10 Å². The van der Waals surface area contributed by atoms with Gasteiger partial charge in [0.05, 0.1) is 18.8 Å². The fraction of sp³-hybridized carbons (Fsp3) is 0.500. The summed E-state index contributed by atoms with van der Waals surface area (Å²) in [6, 6.07) is 2.23. The molecule has 2 aromatic rings. The maximum Gasteiger partial charge on any atom is 0.181 e. The maximum atomic E-state index is 6.30. The summed E-state index contributed by atoms with van der Waals surface area (Å²) in [5.74, 6) is 1.37. The highest BCUT2D eigenvalue weighted by Gasteiger charge is 2.39. The summed E-state index contributed by atoms with van der Waals surface area (Å²) in [6.45, 7) is 3.41. The van der Waals surface area contributed by atoms with Gasteiger partial charge in [0.1, 0.15) is 12.0 Å². The molecule has 2 aromatic heterocycles. The average Bonchev–Trinajstić information content (AvgIpc) is 3.17. The van der Waals surface area contributed by atoms with Crippen LogP contribution in [-0.4, -0.2) is 70.1 Å². The van der Waals surface area contributed by atoms with Gasteiger partial charge in [-0.25, -0.2) is 14.6 Å². The summed E-state index contributed by atoms with van der Waals surface area (Å²) in [4.78, 5) is 13.2. The Labute approximate surface area is 128 Å². The third kappa shape index (κ3) is 2.11. The molecular formula is C14H19N7O. The van der Waals surface area contributed by atoms with Gasteiger partial charge in [0.15, 0.2) is 11.6 Å².